The van der Waals surface area contributed by atoms with Gasteiger partial charge in [0, 0.05) is 19.3 Å². The maximum Gasteiger partial charge on any atom is 0.284 e. The molecule has 2 fully saturated rings. The maximum atomic E-state index is 13.0. The molecule has 24 heavy (non-hydrogen) atoms. The number of pyridine rings is 1. The Morgan fingerprint density at radius 1 is 1.42 bits per heavy atom. The molecule has 1 spiro atoms. The van der Waals surface area contributed by atoms with Crippen LogP contribution in [-0.2, 0) is 4.74 Å². The van der Waals surface area contributed by atoms with Crippen molar-refractivity contribution in [1.82, 2.24) is 14.9 Å². The third-order valence-electron chi connectivity index (χ3n) is 4.93. The molecule has 0 bridgehead atoms. The van der Waals surface area contributed by atoms with Crippen LogP contribution in [-0.4, -0.2) is 45.6 Å². The number of rotatable bonds is 1. The van der Waals surface area contributed by atoms with Crippen LogP contribution in [0.1, 0.15) is 41.9 Å². The van der Waals surface area contributed by atoms with Gasteiger partial charge in [-0.05, 0) is 44.2 Å². The van der Waals surface area contributed by atoms with Crippen LogP contribution in [0.15, 0.2) is 18.3 Å². The highest BCUT2D eigenvalue weighted by atomic mass is 32.1. The van der Waals surface area contributed by atoms with Crippen LogP contribution in [0.5, 0.6) is 0 Å². The minimum atomic E-state index is -0.543. The molecule has 0 radical (unpaired) electrons. The first-order chi connectivity index (χ1) is 11.7. The van der Waals surface area contributed by atoms with Crippen molar-refractivity contribution >= 4 is 27.6 Å². The minimum absolute atomic E-state index is 0.183. The zero-order valence-corrected chi connectivity index (χ0v) is 14.1. The summed E-state index contributed by atoms with van der Waals surface area (Å²) in [6.45, 7) is 1.25. The molecule has 6 nitrogen and oxygen atoms in total. The maximum absolute atomic E-state index is 13.0. The van der Waals surface area contributed by atoms with Crippen molar-refractivity contribution < 1.29 is 9.53 Å². The highest BCUT2D eigenvalue weighted by Crippen LogP contribution is 2.39. The Hall–Kier alpha value is -2.04. The number of hydrogen-bond acceptors (Lipinski definition) is 6. The lowest BCUT2D eigenvalue weighted by Crippen LogP contribution is -2.60. The Balaban J connectivity index is 1.66. The van der Waals surface area contributed by atoms with E-state index in [0.29, 0.717) is 18.2 Å². The number of piperidine rings is 1. The van der Waals surface area contributed by atoms with Gasteiger partial charge in [-0.25, -0.2) is 9.97 Å². The first-order valence-electron chi connectivity index (χ1n) is 8.30. The third kappa shape index (κ3) is 2.46. The fourth-order valence-electron chi connectivity index (χ4n) is 3.78. The summed E-state index contributed by atoms with van der Waals surface area (Å²) >= 11 is 1.28. The van der Waals surface area contributed by atoms with Gasteiger partial charge in [-0.1, -0.05) is 11.3 Å². The average molecular weight is 342 g/mol. The molecule has 0 saturated carbocycles. The molecule has 0 unspecified atom stereocenters. The van der Waals surface area contributed by atoms with E-state index in [9.17, 15) is 10.1 Å². The molecule has 2 aliphatic rings. The third-order valence-corrected chi connectivity index (χ3v) is 5.89. The molecule has 2 aromatic rings. The van der Waals surface area contributed by atoms with Gasteiger partial charge in [0.25, 0.3) is 5.91 Å². The van der Waals surface area contributed by atoms with E-state index >= 15 is 0 Å². The molecule has 2 atom stereocenters. The van der Waals surface area contributed by atoms with E-state index in [1.54, 1.807) is 17.2 Å². The lowest BCUT2D eigenvalue weighted by molar-refractivity contribution is -0.128. The van der Waals surface area contributed by atoms with Gasteiger partial charge in [-0.3, -0.25) is 4.79 Å². The zero-order chi connectivity index (χ0) is 16.6. The first kappa shape index (κ1) is 15.5. The van der Waals surface area contributed by atoms with Gasteiger partial charge in [0.2, 0.25) is 0 Å². The largest absolute Gasteiger partial charge is 0.372 e. The normalized spacial score (nSPS) is 27.3. The van der Waals surface area contributed by atoms with E-state index in [-0.39, 0.29) is 5.91 Å². The standard InChI is InChI=1S/C17H18N4O2S/c18-11-13-17(6-1-2-10-23-17)7-4-9-21(13)16(22)15-20-12-5-3-8-19-14(12)24-15/h3,5,8,13H,1-2,4,6-7,9-10H2/t13-,17+/m0/s1. The number of thiazole rings is 1. The van der Waals surface area contributed by atoms with Gasteiger partial charge in [-0.2, -0.15) is 5.26 Å². The van der Waals surface area contributed by atoms with Crippen LogP contribution in [0, 0.1) is 11.3 Å². The summed E-state index contributed by atoms with van der Waals surface area (Å²) in [5.41, 5.74) is 0.218. The Bertz CT molecular complexity index is 768. The fraction of sp³-hybridized carbons (Fsp3) is 0.529. The highest BCUT2D eigenvalue weighted by molar-refractivity contribution is 7.19. The number of amides is 1. The van der Waals surface area contributed by atoms with Crippen LogP contribution in [0.4, 0.5) is 0 Å². The van der Waals surface area contributed by atoms with E-state index in [4.69, 9.17) is 4.74 Å². The lowest BCUT2D eigenvalue weighted by Gasteiger charge is -2.48. The Morgan fingerprint density at radius 3 is 3.04 bits per heavy atom. The average Bonchev–Trinajstić information content (AvgIpc) is 3.05. The molecule has 124 valence electrons. The van der Waals surface area contributed by atoms with E-state index in [1.807, 2.05) is 6.07 Å². The number of ether oxygens (including phenoxy) is 1. The number of carbonyl (C=O) groups excluding carboxylic acids is 1. The predicted octanol–water partition coefficient (Wildman–Crippen LogP) is 2.76. The van der Waals surface area contributed by atoms with Crippen molar-refractivity contribution in [3.05, 3.63) is 23.3 Å². The summed E-state index contributed by atoms with van der Waals surface area (Å²) in [5, 5.41) is 10.2. The predicted molar refractivity (Wildman–Crippen MR) is 89.6 cm³/mol. The number of likely N-dealkylation sites (tertiary alicyclic amines) is 1. The molecule has 1 amide bonds. The summed E-state index contributed by atoms with van der Waals surface area (Å²) < 4.78 is 6.04. The van der Waals surface area contributed by atoms with Crippen LogP contribution in [0.2, 0.25) is 0 Å². The van der Waals surface area contributed by atoms with Crippen molar-refractivity contribution in [2.45, 2.75) is 43.7 Å². The summed E-state index contributed by atoms with van der Waals surface area (Å²) in [6, 6.07) is 5.45. The minimum Gasteiger partial charge on any atom is -0.372 e. The van der Waals surface area contributed by atoms with Gasteiger partial charge < -0.3 is 9.64 Å². The number of fused-ring (bicyclic) bond motifs is 1. The molecule has 2 saturated heterocycles. The molecule has 0 aromatic carbocycles. The first-order valence-corrected chi connectivity index (χ1v) is 9.11. The zero-order valence-electron chi connectivity index (χ0n) is 13.3. The molecule has 0 N–H and O–H groups in total. The molecular weight excluding hydrogens is 324 g/mol. The molecule has 2 aliphatic heterocycles. The monoisotopic (exact) mass is 342 g/mol. The van der Waals surface area contributed by atoms with Crippen molar-refractivity contribution in [3.8, 4) is 6.07 Å². The van der Waals surface area contributed by atoms with Gasteiger partial charge >= 0.3 is 0 Å². The molecular formula is C17H18N4O2S. The second-order valence-electron chi connectivity index (χ2n) is 6.35. The summed E-state index contributed by atoms with van der Waals surface area (Å²) in [4.78, 5) is 24.1. The fourth-order valence-corrected chi connectivity index (χ4v) is 4.64. The van der Waals surface area contributed by atoms with E-state index < -0.39 is 11.6 Å². The van der Waals surface area contributed by atoms with Gasteiger partial charge in [-0.15, -0.1) is 0 Å². The van der Waals surface area contributed by atoms with E-state index in [2.05, 4.69) is 16.0 Å². The molecule has 7 heteroatoms. The van der Waals surface area contributed by atoms with Gasteiger partial charge in [0.05, 0.1) is 6.07 Å². The smallest absolute Gasteiger partial charge is 0.284 e. The number of carbonyl (C=O) groups is 1. The second kappa shape index (κ2) is 6.11. The number of nitriles is 1. The van der Waals surface area contributed by atoms with Gasteiger partial charge in [0.1, 0.15) is 22.0 Å². The second-order valence-corrected chi connectivity index (χ2v) is 7.33. The van der Waals surface area contributed by atoms with Crippen LogP contribution in [0.3, 0.4) is 0 Å². The van der Waals surface area contributed by atoms with E-state index in [0.717, 1.165) is 42.5 Å². The van der Waals surface area contributed by atoms with Gasteiger partial charge in [0.15, 0.2) is 5.01 Å². The van der Waals surface area contributed by atoms with Crippen molar-refractivity contribution in [3.63, 3.8) is 0 Å². The molecule has 4 heterocycles. The van der Waals surface area contributed by atoms with Crippen LogP contribution < -0.4 is 0 Å². The number of nitrogens with zero attached hydrogens (tertiary/aromatic N) is 4. The molecule has 0 aliphatic carbocycles. The van der Waals surface area contributed by atoms with Crippen LogP contribution >= 0.6 is 11.3 Å². The van der Waals surface area contributed by atoms with Crippen molar-refractivity contribution in [2.24, 2.45) is 0 Å². The number of aromatic nitrogens is 2. The van der Waals surface area contributed by atoms with E-state index in [1.165, 1.54) is 11.3 Å². The lowest BCUT2D eigenvalue weighted by atomic mass is 9.79. The summed E-state index contributed by atoms with van der Waals surface area (Å²) in [6.07, 6.45) is 6.31. The molecule has 4 rings (SSSR count). The van der Waals surface area contributed by atoms with Crippen molar-refractivity contribution in [1.29, 1.82) is 5.26 Å². The topological polar surface area (TPSA) is 79.1 Å². The van der Waals surface area contributed by atoms with Crippen LogP contribution in [0.25, 0.3) is 10.3 Å². The molecule has 2 aromatic heterocycles. The number of hydrogen-bond donors (Lipinski definition) is 0. The Morgan fingerprint density at radius 2 is 2.29 bits per heavy atom. The quantitative estimate of drug-likeness (QED) is 0.796. The SMILES string of the molecule is N#C[C@@H]1N(C(=O)c2nc3cccnc3s2)CCC[C@]12CCCCO2. The Labute approximate surface area is 144 Å². The summed E-state index contributed by atoms with van der Waals surface area (Å²) in [5.74, 6) is -0.183. The van der Waals surface area contributed by atoms with Crippen molar-refractivity contribution in [2.75, 3.05) is 13.2 Å². The highest BCUT2D eigenvalue weighted by Gasteiger charge is 2.49. The summed E-state index contributed by atoms with van der Waals surface area (Å²) in [7, 11) is 0. The Kier molecular flexibility index (Phi) is 3.94.